The van der Waals surface area contributed by atoms with Gasteiger partial charge in [0.15, 0.2) is 5.78 Å². The molecule has 0 aromatic heterocycles. The predicted octanol–water partition coefficient (Wildman–Crippen LogP) is 2.35. The van der Waals surface area contributed by atoms with Crippen molar-refractivity contribution in [1.82, 2.24) is 0 Å². The molecule has 5 heteroatoms. The van der Waals surface area contributed by atoms with E-state index in [-0.39, 0.29) is 23.5 Å². The third-order valence-corrected chi connectivity index (χ3v) is 3.27. The molecule has 0 aliphatic heterocycles. The Morgan fingerprint density at radius 3 is 2.32 bits per heavy atom. The van der Waals surface area contributed by atoms with Crippen molar-refractivity contribution in [2.24, 2.45) is 0 Å². The molecule has 0 aliphatic carbocycles. The number of hydrogen-bond donors (Lipinski definition) is 1. The second-order valence-electron chi connectivity index (χ2n) is 4.62. The number of carbonyl (C=O) groups excluding carboxylic acids is 2. The maximum Gasteiger partial charge on any atom is 0.310 e. The molecular formula is C17H16O5. The van der Waals surface area contributed by atoms with Crippen LogP contribution in [0.25, 0.3) is 0 Å². The fourth-order valence-corrected chi connectivity index (χ4v) is 2.11. The van der Waals surface area contributed by atoms with Crippen molar-refractivity contribution in [2.75, 3.05) is 14.2 Å². The van der Waals surface area contributed by atoms with Crippen molar-refractivity contribution < 1.29 is 24.2 Å². The topological polar surface area (TPSA) is 72.8 Å². The zero-order valence-corrected chi connectivity index (χ0v) is 12.3. The SMILES string of the molecule is COC(=O)Cc1cccc(O)c1C(=O)c1ccc(OC)cc1. The zero-order valence-electron chi connectivity index (χ0n) is 12.3. The summed E-state index contributed by atoms with van der Waals surface area (Å²) in [4.78, 5) is 24.1. The first-order chi connectivity index (χ1) is 10.6. The number of aromatic hydroxyl groups is 1. The van der Waals surface area contributed by atoms with E-state index < -0.39 is 5.97 Å². The fourth-order valence-electron chi connectivity index (χ4n) is 2.11. The zero-order chi connectivity index (χ0) is 16.1. The van der Waals surface area contributed by atoms with Crippen LogP contribution in [0.4, 0.5) is 0 Å². The van der Waals surface area contributed by atoms with Crippen LogP contribution in [0, 0.1) is 0 Å². The van der Waals surface area contributed by atoms with Crippen molar-refractivity contribution in [3.8, 4) is 11.5 Å². The van der Waals surface area contributed by atoms with Crippen molar-refractivity contribution in [1.29, 1.82) is 0 Å². The molecule has 0 fully saturated rings. The van der Waals surface area contributed by atoms with Gasteiger partial charge < -0.3 is 14.6 Å². The van der Waals surface area contributed by atoms with Gasteiger partial charge in [-0.3, -0.25) is 9.59 Å². The molecule has 0 saturated heterocycles. The lowest BCUT2D eigenvalue weighted by Gasteiger charge is -2.10. The summed E-state index contributed by atoms with van der Waals surface area (Å²) >= 11 is 0. The molecule has 0 spiro atoms. The molecule has 0 saturated carbocycles. The Balaban J connectivity index is 2.41. The van der Waals surface area contributed by atoms with E-state index >= 15 is 0 Å². The molecule has 0 aliphatic rings. The third kappa shape index (κ3) is 3.25. The highest BCUT2D eigenvalue weighted by Crippen LogP contribution is 2.26. The molecule has 0 radical (unpaired) electrons. The van der Waals surface area contributed by atoms with E-state index in [0.717, 1.165) is 0 Å². The van der Waals surface area contributed by atoms with Crippen LogP contribution >= 0.6 is 0 Å². The van der Waals surface area contributed by atoms with Gasteiger partial charge in [-0.2, -0.15) is 0 Å². The molecular weight excluding hydrogens is 284 g/mol. The largest absolute Gasteiger partial charge is 0.507 e. The lowest BCUT2D eigenvalue weighted by Crippen LogP contribution is -2.11. The highest BCUT2D eigenvalue weighted by Gasteiger charge is 2.19. The lowest BCUT2D eigenvalue weighted by atomic mass is 9.95. The summed E-state index contributed by atoms with van der Waals surface area (Å²) in [5.41, 5.74) is 0.930. The van der Waals surface area contributed by atoms with Gasteiger partial charge in [-0.15, -0.1) is 0 Å². The Morgan fingerprint density at radius 1 is 1.05 bits per heavy atom. The van der Waals surface area contributed by atoms with Gasteiger partial charge in [0.2, 0.25) is 0 Å². The van der Waals surface area contributed by atoms with Gasteiger partial charge in [-0.1, -0.05) is 12.1 Å². The van der Waals surface area contributed by atoms with Crippen molar-refractivity contribution in [3.05, 3.63) is 59.2 Å². The van der Waals surface area contributed by atoms with Crippen LogP contribution in [0.1, 0.15) is 21.5 Å². The first kappa shape index (κ1) is 15.6. The second-order valence-corrected chi connectivity index (χ2v) is 4.62. The Hall–Kier alpha value is -2.82. The molecule has 0 bridgehead atoms. The fraction of sp³-hybridized carbons (Fsp3) is 0.176. The van der Waals surface area contributed by atoms with Crippen molar-refractivity contribution in [3.63, 3.8) is 0 Å². The van der Waals surface area contributed by atoms with E-state index in [1.54, 1.807) is 36.4 Å². The molecule has 2 aromatic carbocycles. The first-order valence-corrected chi connectivity index (χ1v) is 6.63. The normalized spacial score (nSPS) is 10.1. The van der Waals surface area contributed by atoms with Gasteiger partial charge in [0, 0.05) is 5.56 Å². The van der Waals surface area contributed by atoms with Gasteiger partial charge in [-0.05, 0) is 35.9 Å². The number of rotatable bonds is 5. The maximum absolute atomic E-state index is 12.6. The summed E-state index contributed by atoms with van der Waals surface area (Å²) in [5, 5.41) is 10.0. The number of methoxy groups -OCH3 is 2. The van der Waals surface area contributed by atoms with Crippen LogP contribution in [0.2, 0.25) is 0 Å². The van der Waals surface area contributed by atoms with Gasteiger partial charge in [0.1, 0.15) is 11.5 Å². The number of esters is 1. The minimum atomic E-state index is -0.477. The van der Waals surface area contributed by atoms with Crippen molar-refractivity contribution >= 4 is 11.8 Å². The average Bonchev–Trinajstić information content (AvgIpc) is 2.54. The summed E-state index contributed by atoms with van der Waals surface area (Å²) < 4.78 is 9.66. The molecule has 2 rings (SSSR count). The standard InChI is InChI=1S/C17H16O5/c1-21-13-8-6-11(7-9-13)17(20)16-12(10-15(19)22-2)4-3-5-14(16)18/h3-9,18H,10H2,1-2H3. The summed E-state index contributed by atoms with van der Waals surface area (Å²) in [7, 11) is 2.81. The number of carbonyl (C=O) groups is 2. The van der Waals surface area contributed by atoms with Crippen LogP contribution in [0.5, 0.6) is 11.5 Å². The number of hydrogen-bond acceptors (Lipinski definition) is 5. The molecule has 114 valence electrons. The maximum atomic E-state index is 12.6. The van der Waals surface area contributed by atoms with Crippen LogP contribution in [-0.2, 0) is 16.0 Å². The highest BCUT2D eigenvalue weighted by molar-refractivity contribution is 6.12. The summed E-state index contributed by atoms with van der Waals surface area (Å²) in [6.07, 6.45) is -0.0812. The van der Waals surface area contributed by atoms with E-state index in [1.807, 2.05) is 0 Å². The Labute approximate surface area is 128 Å². The number of ether oxygens (including phenoxy) is 2. The minimum Gasteiger partial charge on any atom is -0.507 e. The number of ketones is 1. The Morgan fingerprint density at radius 2 is 1.73 bits per heavy atom. The average molecular weight is 300 g/mol. The lowest BCUT2D eigenvalue weighted by molar-refractivity contribution is -0.139. The Kier molecular flexibility index (Phi) is 4.78. The number of phenolic OH excluding ortho intramolecular Hbond substituents is 1. The molecule has 0 atom stereocenters. The molecule has 2 aromatic rings. The van der Waals surface area contributed by atoms with Gasteiger partial charge >= 0.3 is 5.97 Å². The van der Waals surface area contributed by atoms with Crippen LogP contribution in [-0.4, -0.2) is 31.1 Å². The van der Waals surface area contributed by atoms with Gasteiger partial charge in [-0.25, -0.2) is 0 Å². The molecule has 0 unspecified atom stereocenters. The van der Waals surface area contributed by atoms with Crippen LogP contribution in [0.15, 0.2) is 42.5 Å². The number of benzene rings is 2. The molecule has 22 heavy (non-hydrogen) atoms. The second kappa shape index (κ2) is 6.76. The molecule has 5 nitrogen and oxygen atoms in total. The third-order valence-electron chi connectivity index (χ3n) is 3.27. The van der Waals surface area contributed by atoms with Gasteiger partial charge in [0.05, 0.1) is 26.2 Å². The van der Waals surface area contributed by atoms with E-state index in [4.69, 9.17) is 4.74 Å². The monoisotopic (exact) mass is 300 g/mol. The summed E-state index contributed by atoms with van der Waals surface area (Å²) in [5.74, 6) is -0.375. The van der Waals surface area contributed by atoms with E-state index in [2.05, 4.69) is 4.74 Å². The molecule has 0 heterocycles. The predicted molar refractivity (Wildman–Crippen MR) is 80.3 cm³/mol. The highest BCUT2D eigenvalue weighted by atomic mass is 16.5. The number of phenols is 1. The Bertz CT molecular complexity index is 689. The van der Waals surface area contributed by atoms with Gasteiger partial charge in [0.25, 0.3) is 0 Å². The molecule has 1 N–H and O–H groups in total. The summed E-state index contributed by atoms with van der Waals surface area (Å²) in [6, 6.07) is 11.1. The molecule has 0 amide bonds. The van der Waals surface area contributed by atoms with Crippen LogP contribution in [0.3, 0.4) is 0 Å². The van der Waals surface area contributed by atoms with E-state index in [1.165, 1.54) is 20.3 Å². The van der Waals surface area contributed by atoms with E-state index in [0.29, 0.717) is 16.9 Å². The first-order valence-electron chi connectivity index (χ1n) is 6.63. The smallest absolute Gasteiger partial charge is 0.310 e. The quantitative estimate of drug-likeness (QED) is 0.678. The van der Waals surface area contributed by atoms with E-state index in [9.17, 15) is 14.7 Å². The summed E-state index contributed by atoms with van der Waals surface area (Å²) in [6.45, 7) is 0. The minimum absolute atomic E-state index is 0.0812. The van der Waals surface area contributed by atoms with Crippen LogP contribution < -0.4 is 4.74 Å². The van der Waals surface area contributed by atoms with Crippen molar-refractivity contribution in [2.45, 2.75) is 6.42 Å².